The fourth-order valence-corrected chi connectivity index (χ4v) is 5.05. The van der Waals surface area contributed by atoms with Crippen molar-refractivity contribution in [3.8, 4) is 22.9 Å². The van der Waals surface area contributed by atoms with Crippen LogP contribution in [0, 0.1) is 23.3 Å². The highest BCUT2D eigenvalue weighted by atomic mass is 31.2. The zero-order chi connectivity index (χ0) is 29.5. The Hall–Kier alpha value is -4.45. The lowest BCUT2D eigenvalue weighted by Crippen LogP contribution is -2.02. The summed E-state index contributed by atoms with van der Waals surface area (Å²) in [5.74, 6) is -5.81. The Morgan fingerprint density at radius 3 is 2.49 bits per heavy atom. The van der Waals surface area contributed by atoms with Crippen molar-refractivity contribution >= 4 is 24.6 Å². The number of halogens is 4. The minimum absolute atomic E-state index is 0.0187. The molecule has 212 valence electrons. The number of aromatic nitrogens is 3. The summed E-state index contributed by atoms with van der Waals surface area (Å²) in [5, 5.41) is 8.56. The van der Waals surface area contributed by atoms with Gasteiger partial charge in [-0.05, 0) is 41.8 Å². The summed E-state index contributed by atoms with van der Waals surface area (Å²) < 4.78 is 76.9. The molecule has 4 N–H and O–H groups in total. The molecule has 5 rings (SSSR count). The number of carboxylic acids is 1. The molecule has 0 atom stereocenters. The van der Waals surface area contributed by atoms with Gasteiger partial charge < -0.3 is 24.6 Å². The van der Waals surface area contributed by atoms with Crippen LogP contribution in [0.15, 0.2) is 60.9 Å². The summed E-state index contributed by atoms with van der Waals surface area (Å²) in [6.07, 6.45) is 2.12. The summed E-state index contributed by atoms with van der Waals surface area (Å²) in [6.45, 7) is 0. The number of aliphatic carboxylic acids is 1. The molecular formula is C27H20F4N3O6P. The summed E-state index contributed by atoms with van der Waals surface area (Å²) in [7, 11) is -4.87. The van der Waals surface area contributed by atoms with Gasteiger partial charge in [-0.1, -0.05) is 18.2 Å². The molecule has 0 saturated carbocycles. The predicted molar refractivity (Wildman–Crippen MR) is 139 cm³/mol. The van der Waals surface area contributed by atoms with E-state index >= 15 is 4.39 Å². The fraction of sp³-hybridized carbons (Fsp3) is 0.111. The van der Waals surface area contributed by atoms with Crippen molar-refractivity contribution in [2.24, 2.45) is 0 Å². The Kier molecular flexibility index (Phi) is 7.43. The number of carboxylic acid groups (broad SMARTS) is 1. The number of imidazole rings is 1. The quantitative estimate of drug-likeness (QED) is 0.124. The maximum absolute atomic E-state index is 15.1. The molecule has 0 aliphatic rings. The highest BCUT2D eigenvalue weighted by Gasteiger charge is 2.24. The first kappa shape index (κ1) is 28.1. The zero-order valence-electron chi connectivity index (χ0n) is 20.8. The number of nitrogens with one attached hydrogen (secondary N) is 1. The van der Waals surface area contributed by atoms with E-state index in [2.05, 4.69) is 9.97 Å². The third kappa shape index (κ3) is 5.73. The van der Waals surface area contributed by atoms with Gasteiger partial charge in [0, 0.05) is 42.4 Å². The van der Waals surface area contributed by atoms with Gasteiger partial charge in [0.05, 0.1) is 11.1 Å². The van der Waals surface area contributed by atoms with Gasteiger partial charge in [0.15, 0.2) is 17.4 Å². The number of nitrogens with zero attached hydrogens (tertiary/aromatic N) is 2. The van der Waals surface area contributed by atoms with E-state index < -0.39 is 42.7 Å². The molecule has 0 bridgehead atoms. The number of rotatable bonds is 9. The van der Waals surface area contributed by atoms with Gasteiger partial charge in [-0.15, -0.1) is 0 Å². The van der Waals surface area contributed by atoms with Crippen molar-refractivity contribution in [1.29, 1.82) is 0 Å². The number of ether oxygens (including phenoxy) is 1. The van der Waals surface area contributed by atoms with Crippen LogP contribution in [0.2, 0.25) is 0 Å². The number of aryl methyl sites for hydroxylation is 1. The van der Waals surface area contributed by atoms with E-state index in [1.807, 2.05) is 0 Å². The molecule has 41 heavy (non-hydrogen) atoms. The minimum atomic E-state index is -4.87. The molecule has 0 aliphatic carbocycles. The molecule has 0 unspecified atom stereocenters. The Morgan fingerprint density at radius 2 is 1.76 bits per heavy atom. The molecule has 0 fully saturated rings. The first-order valence-electron chi connectivity index (χ1n) is 12.0. The molecule has 2 aromatic heterocycles. The number of benzene rings is 3. The van der Waals surface area contributed by atoms with Gasteiger partial charge in [-0.3, -0.25) is 9.13 Å². The molecule has 0 spiro atoms. The third-order valence-electron chi connectivity index (χ3n) is 6.29. The second-order valence-electron chi connectivity index (χ2n) is 9.07. The number of fused-ring (bicyclic) bond motifs is 1. The van der Waals surface area contributed by atoms with Gasteiger partial charge >= 0.3 is 13.7 Å². The monoisotopic (exact) mass is 589 g/mol. The first-order chi connectivity index (χ1) is 19.4. The first-order valence-corrected chi connectivity index (χ1v) is 13.5. The molecular weight excluding hydrogens is 569 g/mol. The van der Waals surface area contributed by atoms with Crippen LogP contribution in [0.3, 0.4) is 0 Å². The number of hydrogen-bond donors (Lipinski definition) is 4. The topological polar surface area (TPSA) is 138 Å². The van der Waals surface area contributed by atoms with Crippen LogP contribution in [-0.4, -0.2) is 35.2 Å². The highest BCUT2D eigenvalue weighted by molar-refractivity contribution is 7.50. The molecule has 3 aromatic carbocycles. The Balaban J connectivity index is 1.41. The number of H-pyrrole nitrogens is 1. The van der Waals surface area contributed by atoms with Crippen molar-refractivity contribution in [2.45, 2.75) is 19.3 Å². The van der Waals surface area contributed by atoms with Crippen LogP contribution < -0.4 is 4.74 Å². The lowest BCUT2D eigenvalue weighted by Gasteiger charge is -2.12. The Labute approximate surface area is 228 Å². The molecule has 0 amide bonds. The fourth-order valence-electron chi connectivity index (χ4n) is 4.36. The number of aromatic amines is 1. The average molecular weight is 589 g/mol. The van der Waals surface area contributed by atoms with Gasteiger partial charge in [-0.25, -0.2) is 27.1 Å². The Bertz CT molecular complexity index is 1850. The zero-order valence-corrected chi connectivity index (χ0v) is 21.7. The molecule has 9 nitrogen and oxygen atoms in total. The SMILES string of the molecule is O=C(O)CCc1cccc(Cc2cnc(-c3cc(Oc4c(F)cc5c(ccn5P(=O)(O)O)c4F)ccc3F)[nH]2)c1F. The number of carbonyl (C=O) groups is 1. The van der Waals surface area contributed by atoms with Gasteiger partial charge in [0.25, 0.3) is 0 Å². The van der Waals surface area contributed by atoms with Crippen molar-refractivity contribution in [3.05, 3.63) is 101 Å². The van der Waals surface area contributed by atoms with E-state index in [1.165, 1.54) is 18.3 Å². The third-order valence-corrected chi connectivity index (χ3v) is 7.20. The standard InChI is InChI=1S/C27H20F4N3O6P/c28-20-6-5-17(40-26-21(29)12-22-18(25(26)31)8-9-34(22)41(37,38)39)11-19(20)27-32-13-16(33-27)10-15-3-1-2-14(24(15)30)4-7-23(35)36/h1-3,5-6,8-9,11-13H,4,7,10H2,(H,32,33)(H,35,36)(H2,37,38,39). The molecule has 5 aromatic rings. The lowest BCUT2D eigenvalue weighted by molar-refractivity contribution is -0.136. The Morgan fingerprint density at radius 1 is 1.00 bits per heavy atom. The molecule has 0 radical (unpaired) electrons. The summed E-state index contributed by atoms with van der Waals surface area (Å²) >= 11 is 0. The van der Waals surface area contributed by atoms with Crippen LogP contribution in [-0.2, 0) is 22.2 Å². The van der Waals surface area contributed by atoms with E-state index in [4.69, 9.17) is 9.84 Å². The van der Waals surface area contributed by atoms with E-state index in [1.54, 1.807) is 6.07 Å². The summed E-state index contributed by atoms with van der Waals surface area (Å²) in [5.41, 5.74) is 0.439. The average Bonchev–Trinajstić information content (AvgIpc) is 3.55. The maximum Gasteiger partial charge on any atom is 0.434 e. The highest BCUT2D eigenvalue weighted by Crippen LogP contribution is 2.43. The van der Waals surface area contributed by atoms with E-state index in [-0.39, 0.29) is 58.4 Å². The van der Waals surface area contributed by atoms with Gasteiger partial charge in [0.1, 0.15) is 23.2 Å². The van der Waals surface area contributed by atoms with Crippen LogP contribution >= 0.6 is 7.75 Å². The van der Waals surface area contributed by atoms with Crippen LogP contribution in [0.4, 0.5) is 17.6 Å². The summed E-state index contributed by atoms with van der Waals surface area (Å²) in [6, 6.07) is 9.68. The van der Waals surface area contributed by atoms with Gasteiger partial charge in [-0.2, -0.15) is 0 Å². The van der Waals surface area contributed by atoms with E-state index in [0.29, 0.717) is 16.1 Å². The van der Waals surface area contributed by atoms with Crippen molar-refractivity contribution in [3.63, 3.8) is 0 Å². The molecule has 2 heterocycles. The van der Waals surface area contributed by atoms with Crippen molar-refractivity contribution in [2.75, 3.05) is 0 Å². The van der Waals surface area contributed by atoms with E-state index in [9.17, 15) is 32.3 Å². The lowest BCUT2D eigenvalue weighted by atomic mass is 10.0. The van der Waals surface area contributed by atoms with Crippen molar-refractivity contribution in [1.82, 2.24) is 14.3 Å². The van der Waals surface area contributed by atoms with E-state index in [0.717, 1.165) is 30.5 Å². The van der Waals surface area contributed by atoms with Crippen LogP contribution in [0.1, 0.15) is 23.2 Å². The molecule has 14 heteroatoms. The van der Waals surface area contributed by atoms with Crippen molar-refractivity contribution < 1.29 is 46.6 Å². The largest absolute Gasteiger partial charge is 0.481 e. The minimum Gasteiger partial charge on any atom is -0.481 e. The summed E-state index contributed by atoms with van der Waals surface area (Å²) in [4.78, 5) is 36.6. The normalized spacial score (nSPS) is 11.8. The second kappa shape index (κ2) is 10.8. The second-order valence-corrected chi connectivity index (χ2v) is 10.5. The maximum atomic E-state index is 15.1. The smallest absolute Gasteiger partial charge is 0.434 e. The molecule has 0 saturated heterocycles. The predicted octanol–water partition coefficient (Wildman–Crippen LogP) is 5.93. The number of hydrogen-bond acceptors (Lipinski definition) is 4. The van der Waals surface area contributed by atoms with Gasteiger partial charge in [0.2, 0.25) is 0 Å². The molecule has 0 aliphatic heterocycles. The van der Waals surface area contributed by atoms with Crippen LogP contribution in [0.5, 0.6) is 11.5 Å². The van der Waals surface area contributed by atoms with Crippen LogP contribution in [0.25, 0.3) is 22.3 Å².